The van der Waals surface area contributed by atoms with E-state index >= 15 is 0 Å². The Balaban J connectivity index is 4.81. The third-order valence-corrected chi connectivity index (χ3v) is 5.43. The summed E-state index contributed by atoms with van der Waals surface area (Å²) in [6, 6.07) is 0. The van der Waals surface area contributed by atoms with Crippen LogP contribution in [0.5, 0.6) is 0 Å². The molecule has 0 aromatic heterocycles. The summed E-state index contributed by atoms with van der Waals surface area (Å²) >= 11 is 0. The van der Waals surface area contributed by atoms with Crippen LogP contribution in [0.4, 0.5) is 0 Å². The van der Waals surface area contributed by atoms with Crippen molar-refractivity contribution in [3.8, 4) is 0 Å². The van der Waals surface area contributed by atoms with Crippen molar-refractivity contribution in [1.29, 1.82) is 0 Å². The monoisotopic (exact) mass is 286 g/mol. The summed E-state index contributed by atoms with van der Waals surface area (Å²) in [5.74, 6) is -0.600. The molecular formula is C9H18O6S2. The first-order valence-electron chi connectivity index (χ1n) is 4.97. The van der Waals surface area contributed by atoms with Gasteiger partial charge in [-0.25, -0.2) is 0 Å². The smallest absolute Gasteiger partial charge is 0.271 e. The molecule has 1 unspecified atom stereocenters. The van der Waals surface area contributed by atoms with E-state index in [2.05, 4.69) is 14.9 Å². The van der Waals surface area contributed by atoms with Gasteiger partial charge in [0.25, 0.3) is 20.2 Å². The van der Waals surface area contributed by atoms with Gasteiger partial charge >= 0.3 is 0 Å². The van der Waals surface area contributed by atoms with Gasteiger partial charge in [0, 0.05) is 0 Å². The van der Waals surface area contributed by atoms with E-state index in [0.29, 0.717) is 12.8 Å². The van der Waals surface area contributed by atoms with Crippen LogP contribution in [-0.2, 0) is 28.6 Å². The number of rotatable bonds is 9. The van der Waals surface area contributed by atoms with Crippen LogP contribution in [0.1, 0.15) is 19.3 Å². The van der Waals surface area contributed by atoms with Crippen molar-refractivity contribution in [2.45, 2.75) is 24.5 Å². The fraction of sp³-hybridized carbons (Fsp3) is 0.778. The average molecular weight is 286 g/mol. The van der Waals surface area contributed by atoms with Gasteiger partial charge in [0.05, 0.1) is 20.0 Å². The van der Waals surface area contributed by atoms with Crippen molar-refractivity contribution < 1.29 is 25.2 Å². The molecule has 6 nitrogen and oxygen atoms in total. The van der Waals surface area contributed by atoms with E-state index in [9.17, 15) is 16.8 Å². The molecule has 8 heteroatoms. The van der Waals surface area contributed by atoms with E-state index in [1.165, 1.54) is 0 Å². The minimum absolute atomic E-state index is 0.185. The fourth-order valence-electron chi connectivity index (χ4n) is 1.23. The lowest BCUT2D eigenvalue weighted by molar-refractivity contribution is 0.376. The quantitative estimate of drug-likeness (QED) is 0.351. The molecule has 0 aliphatic carbocycles. The highest BCUT2D eigenvalue weighted by atomic mass is 32.2. The zero-order valence-electron chi connectivity index (χ0n) is 9.96. The number of unbranched alkanes of at least 4 members (excludes halogenated alkanes) is 1. The van der Waals surface area contributed by atoms with Crippen molar-refractivity contribution in [1.82, 2.24) is 0 Å². The second-order valence-electron chi connectivity index (χ2n) is 3.39. The van der Waals surface area contributed by atoms with E-state index in [0.717, 1.165) is 14.2 Å². The number of hydrogen-bond donors (Lipinski definition) is 0. The topological polar surface area (TPSA) is 86.7 Å². The van der Waals surface area contributed by atoms with E-state index in [1.54, 1.807) is 6.08 Å². The minimum Gasteiger partial charge on any atom is -0.273 e. The van der Waals surface area contributed by atoms with Gasteiger partial charge in [0.1, 0.15) is 5.25 Å². The zero-order chi connectivity index (χ0) is 13.5. The van der Waals surface area contributed by atoms with Gasteiger partial charge in [-0.3, -0.25) is 8.37 Å². The third-order valence-electron chi connectivity index (χ3n) is 2.22. The Morgan fingerprint density at radius 1 is 1.18 bits per heavy atom. The maximum absolute atomic E-state index is 11.5. The van der Waals surface area contributed by atoms with Crippen molar-refractivity contribution >= 4 is 20.2 Å². The molecule has 0 N–H and O–H groups in total. The second kappa shape index (κ2) is 7.10. The fourth-order valence-corrected chi connectivity index (χ4v) is 3.88. The summed E-state index contributed by atoms with van der Waals surface area (Å²) in [6.45, 7) is 3.51. The van der Waals surface area contributed by atoms with Crippen LogP contribution in [-0.4, -0.2) is 42.1 Å². The lowest BCUT2D eigenvalue weighted by atomic mass is 10.2. The highest BCUT2D eigenvalue weighted by Gasteiger charge is 2.30. The normalized spacial score (nSPS) is 14.5. The Bertz CT molecular complexity index is 422. The minimum atomic E-state index is -3.88. The summed E-state index contributed by atoms with van der Waals surface area (Å²) in [5, 5.41) is -1.11. The molecule has 0 rings (SSSR count). The maximum Gasteiger partial charge on any atom is 0.271 e. The molecule has 0 aliphatic heterocycles. The Hall–Kier alpha value is -0.440. The molecule has 0 saturated heterocycles. The van der Waals surface area contributed by atoms with Crippen LogP contribution in [0.25, 0.3) is 0 Å². The predicted octanol–water partition coefficient (Wildman–Crippen LogP) is 0.664. The first-order valence-corrected chi connectivity index (χ1v) is 8.02. The number of hydrogen-bond acceptors (Lipinski definition) is 6. The predicted molar refractivity (Wildman–Crippen MR) is 64.6 cm³/mol. The lowest BCUT2D eigenvalue weighted by Crippen LogP contribution is -2.31. The summed E-state index contributed by atoms with van der Waals surface area (Å²) in [6.07, 6.45) is 2.96. The van der Waals surface area contributed by atoms with E-state index in [1.807, 2.05) is 0 Å². The van der Waals surface area contributed by atoms with Crippen LogP contribution >= 0.6 is 0 Å². The Morgan fingerprint density at radius 3 is 2.18 bits per heavy atom. The van der Waals surface area contributed by atoms with Crippen LogP contribution in [0.15, 0.2) is 12.7 Å². The van der Waals surface area contributed by atoms with E-state index in [4.69, 9.17) is 0 Å². The SMILES string of the molecule is C=CCCCC(CS(=O)(=O)OC)S(=O)(=O)OC. The lowest BCUT2D eigenvalue weighted by Gasteiger charge is -2.14. The summed E-state index contributed by atoms with van der Waals surface area (Å²) in [5.41, 5.74) is 0. The zero-order valence-corrected chi connectivity index (χ0v) is 11.6. The maximum atomic E-state index is 11.5. The average Bonchev–Trinajstić information content (AvgIpc) is 2.28. The van der Waals surface area contributed by atoms with Gasteiger partial charge in [0.2, 0.25) is 0 Å². The van der Waals surface area contributed by atoms with Gasteiger partial charge in [0.15, 0.2) is 0 Å². The van der Waals surface area contributed by atoms with Gasteiger partial charge in [-0.15, -0.1) is 6.58 Å². The third kappa shape index (κ3) is 6.16. The van der Waals surface area contributed by atoms with Gasteiger partial charge in [-0.2, -0.15) is 16.8 Å². The molecule has 0 bridgehead atoms. The van der Waals surface area contributed by atoms with Gasteiger partial charge in [-0.1, -0.05) is 6.08 Å². The van der Waals surface area contributed by atoms with Gasteiger partial charge in [-0.05, 0) is 19.3 Å². The van der Waals surface area contributed by atoms with Crippen LogP contribution < -0.4 is 0 Å². The molecule has 0 aromatic carbocycles. The largest absolute Gasteiger partial charge is 0.273 e. The molecule has 0 aliphatic rings. The summed E-state index contributed by atoms with van der Waals surface area (Å²) in [4.78, 5) is 0. The molecule has 0 spiro atoms. The molecule has 102 valence electrons. The van der Waals surface area contributed by atoms with Crippen molar-refractivity contribution in [3.05, 3.63) is 12.7 Å². The molecule has 0 aromatic rings. The first kappa shape index (κ1) is 16.6. The Labute approximate surface area is 103 Å². The molecule has 0 amide bonds. The highest BCUT2D eigenvalue weighted by molar-refractivity contribution is 7.91. The Morgan fingerprint density at radius 2 is 1.76 bits per heavy atom. The first-order chi connectivity index (χ1) is 7.79. The highest BCUT2D eigenvalue weighted by Crippen LogP contribution is 2.15. The summed E-state index contributed by atoms with van der Waals surface area (Å²) in [7, 11) is -5.71. The van der Waals surface area contributed by atoms with Crippen LogP contribution in [0.3, 0.4) is 0 Å². The van der Waals surface area contributed by atoms with Crippen LogP contribution in [0, 0.1) is 0 Å². The van der Waals surface area contributed by atoms with Gasteiger partial charge < -0.3 is 0 Å². The van der Waals surface area contributed by atoms with Crippen molar-refractivity contribution in [3.63, 3.8) is 0 Å². The molecule has 0 heterocycles. The molecular weight excluding hydrogens is 268 g/mol. The number of allylic oxidation sites excluding steroid dienone is 1. The second-order valence-corrected chi connectivity index (χ2v) is 7.16. The van der Waals surface area contributed by atoms with E-state index < -0.39 is 31.2 Å². The summed E-state index contributed by atoms with van der Waals surface area (Å²) < 4.78 is 54.1. The molecule has 0 fully saturated rings. The van der Waals surface area contributed by atoms with Crippen molar-refractivity contribution in [2.24, 2.45) is 0 Å². The molecule has 17 heavy (non-hydrogen) atoms. The molecule has 0 saturated carbocycles. The van der Waals surface area contributed by atoms with Crippen LogP contribution in [0.2, 0.25) is 0 Å². The van der Waals surface area contributed by atoms with Crippen molar-refractivity contribution in [2.75, 3.05) is 20.0 Å². The van der Waals surface area contributed by atoms with E-state index in [-0.39, 0.29) is 6.42 Å². The standard InChI is InChI=1S/C9H18O6S2/c1-4-5-6-7-9(17(12,13)15-3)8-16(10,11)14-2/h4,9H,1,5-8H2,2-3H3. The molecule has 1 atom stereocenters. The molecule has 0 radical (unpaired) electrons. The Kier molecular flexibility index (Phi) is 6.91.